The number of amides is 1. The predicted molar refractivity (Wildman–Crippen MR) is 147 cm³/mol. The van der Waals surface area contributed by atoms with Crippen LogP contribution in [0.3, 0.4) is 0 Å². The van der Waals surface area contributed by atoms with Gasteiger partial charge in [0.1, 0.15) is 21.8 Å². The molecule has 2 aromatic rings. The summed E-state index contributed by atoms with van der Waals surface area (Å²) in [5.41, 5.74) is 2.45. The Morgan fingerprint density at radius 1 is 1.11 bits per heavy atom. The van der Waals surface area contributed by atoms with Crippen LogP contribution in [0.2, 0.25) is 0 Å². The first kappa shape index (κ1) is 25.2. The van der Waals surface area contributed by atoms with Crippen molar-refractivity contribution in [2.24, 2.45) is 0 Å². The van der Waals surface area contributed by atoms with E-state index in [1.807, 2.05) is 50.3 Å². The van der Waals surface area contributed by atoms with E-state index < -0.39 is 0 Å². The maximum absolute atomic E-state index is 13.4. The molecule has 8 heteroatoms. The molecule has 1 amide bonds. The summed E-state index contributed by atoms with van der Waals surface area (Å²) < 4.78 is 2.27. The van der Waals surface area contributed by atoms with E-state index in [4.69, 9.17) is 12.2 Å². The number of pyridine rings is 1. The van der Waals surface area contributed by atoms with Gasteiger partial charge in [0.25, 0.3) is 11.5 Å². The van der Waals surface area contributed by atoms with Crippen molar-refractivity contribution < 1.29 is 4.79 Å². The van der Waals surface area contributed by atoms with Gasteiger partial charge in [-0.25, -0.2) is 0 Å². The Morgan fingerprint density at radius 3 is 2.49 bits per heavy atom. The fraction of sp³-hybridized carbons (Fsp3) is 0.407. The molecule has 4 rings (SSSR count). The smallest absolute Gasteiger partial charge is 0.270 e. The van der Waals surface area contributed by atoms with E-state index in [1.54, 1.807) is 9.47 Å². The zero-order chi connectivity index (χ0) is 24.9. The molecule has 2 aliphatic heterocycles. The van der Waals surface area contributed by atoms with Crippen LogP contribution in [0.4, 0.5) is 5.82 Å². The molecular weight excluding hydrogens is 476 g/mol. The van der Waals surface area contributed by atoms with Crippen LogP contribution in [0, 0.1) is 18.3 Å². The van der Waals surface area contributed by atoms with E-state index in [0.29, 0.717) is 27.9 Å². The molecule has 1 aromatic carbocycles. The van der Waals surface area contributed by atoms with Gasteiger partial charge in [0.15, 0.2) is 0 Å². The largest absolute Gasteiger partial charge is 0.357 e. The second-order valence-corrected chi connectivity index (χ2v) is 10.6. The average Bonchev–Trinajstić information content (AvgIpc) is 3.14. The van der Waals surface area contributed by atoms with Crippen LogP contribution >= 0.6 is 24.0 Å². The van der Waals surface area contributed by atoms with Gasteiger partial charge in [-0.3, -0.25) is 19.1 Å². The molecule has 3 heterocycles. The van der Waals surface area contributed by atoms with Crippen LogP contribution < -0.4 is 10.5 Å². The number of hydrogen-bond donors (Lipinski definition) is 0. The van der Waals surface area contributed by atoms with Crippen LogP contribution in [-0.2, 0) is 17.8 Å². The van der Waals surface area contributed by atoms with Gasteiger partial charge in [-0.1, -0.05) is 61.2 Å². The number of hydrogen-bond acceptors (Lipinski definition) is 6. The lowest BCUT2D eigenvalue weighted by Crippen LogP contribution is -2.37. The van der Waals surface area contributed by atoms with Gasteiger partial charge in [0.2, 0.25) is 0 Å². The fourth-order valence-electron chi connectivity index (χ4n) is 4.73. The Bertz CT molecular complexity index is 1250. The first-order chi connectivity index (χ1) is 17.0. The van der Waals surface area contributed by atoms with Gasteiger partial charge in [-0.2, -0.15) is 5.26 Å². The molecule has 0 unspecified atom stereocenters. The maximum Gasteiger partial charge on any atom is 0.270 e. The van der Waals surface area contributed by atoms with Crippen molar-refractivity contribution in [2.75, 3.05) is 24.5 Å². The molecule has 2 aliphatic rings. The SMILES string of the molecule is CCCn1c(N2CCCCC2)c(/C=C2\SC(=S)N(CCc3ccccc3)C2=O)c(C)c(C#N)c1=O. The van der Waals surface area contributed by atoms with Crippen LogP contribution in [-0.4, -0.2) is 39.3 Å². The van der Waals surface area contributed by atoms with Crippen molar-refractivity contribution >= 4 is 46.1 Å². The maximum atomic E-state index is 13.4. The first-order valence-corrected chi connectivity index (χ1v) is 13.4. The van der Waals surface area contributed by atoms with Crippen molar-refractivity contribution in [1.82, 2.24) is 9.47 Å². The topological polar surface area (TPSA) is 69.3 Å². The Balaban J connectivity index is 1.75. The summed E-state index contributed by atoms with van der Waals surface area (Å²) in [4.78, 5) is 31.1. The molecule has 35 heavy (non-hydrogen) atoms. The van der Waals surface area contributed by atoms with Crippen LogP contribution in [0.5, 0.6) is 0 Å². The minimum absolute atomic E-state index is 0.119. The molecule has 0 radical (unpaired) electrons. The summed E-state index contributed by atoms with van der Waals surface area (Å²) in [6.07, 6.45) is 6.63. The standard InChI is InChI=1S/C27H30N4O2S2/c1-3-13-30-24(29-14-8-5-9-15-29)21(19(2)22(18-28)25(30)32)17-23-26(33)31(27(34)35-23)16-12-20-10-6-4-7-11-20/h4,6-7,10-11,17H,3,5,8-9,12-16H2,1-2H3/b23-17-. The van der Waals surface area contributed by atoms with Gasteiger partial charge in [-0.05, 0) is 56.2 Å². The summed E-state index contributed by atoms with van der Waals surface area (Å²) in [7, 11) is 0. The molecule has 0 saturated carbocycles. The number of carbonyl (C=O) groups excluding carboxylic acids is 1. The third-order valence-corrected chi connectivity index (χ3v) is 7.94. The van der Waals surface area contributed by atoms with E-state index in [2.05, 4.69) is 11.0 Å². The van der Waals surface area contributed by atoms with E-state index in [1.165, 1.54) is 18.2 Å². The summed E-state index contributed by atoms with van der Waals surface area (Å²) >= 11 is 6.86. The number of aromatic nitrogens is 1. The normalized spacial score (nSPS) is 17.3. The van der Waals surface area contributed by atoms with Crippen LogP contribution in [0.15, 0.2) is 40.0 Å². The molecule has 0 aliphatic carbocycles. The summed E-state index contributed by atoms with van der Waals surface area (Å²) in [5, 5.41) is 9.79. The summed E-state index contributed by atoms with van der Waals surface area (Å²) in [5.74, 6) is 0.703. The van der Waals surface area contributed by atoms with Crippen molar-refractivity contribution in [3.8, 4) is 6.07 Å². The Morgan fingerprint density at radius 2 is 1.83 bits per heavy atom. The lowest BCUT2D eigenvalue weighted by Gasteiger charge is -2.33. The van der Waals surface area contributed by atoms with E-state index in [0.717, 1.165) is 55.7 Å². The highest BCUT2D eigenvalue weighted by molar-refractivity contribution is 8.26. The summed E-state index contributed by atoms with van der Waals surface area (Å²) in [6, 6.07) is 12.2. The second-order valence-electron chi connectivity index (χ2n) is 8.92. The zero-order valence-corrected chi connectivity index (χ0v) is 21.9. The van der Waals surface area contributed by atoms with Crippen molar-refractivity contribution in [3.05, 3.63) is 67.8 Å². The van der Waals surface area contributed by atoms with Crippen molar-refractivity contribution in [1.29, 1.82) is 5.26 Å². The minimum Gasteiger partial charge on any atom is -0.357 e. The van der Waals surface area contributed by atoms with Crippen LogP contribution in [0.25, 0.3) is 6.08 Å². The molecule has 0 spiro atoms. The quantitative estimate of drug-likeness (QED) is 0.394. The van der Waals surface area contributed by atoms with Gasteiger partial charge in [-0.15, -0.1) is 0 Å². The highest BCUT2D eigenvalue weighted by atomic mass is 32.2. The first-order valence-electron chi connectivity index (χ1n) is 12.2. The van der Waals surface area contributed by atoms with Gasteiger partial charge >= 0.3 is 0 Å². The molecule has 2 fully saturated rings. The Labute approximate surface area is 216 Å². The second kappa shape index (κ2) is 11.2. The van der Waals surface area contributed by atoms with Crippen LogP contribution in [0.1, 0.15) is 54.9 Å². The highest BCUT2D eigenvalue weighted by Gasteiger charge is 2.33. The number of carbonyl (C=O) groups is 1. The summed E-state index contributed by atoms with van der Waals surface area (Å²) in [6.45, 7) is 6.59. The monoisotopic (exact) mass is 506 g/mol. The molecular formula is C27H30N4O2S2. The number of piperidine rings is 1. The lowest BCUT2D eigenvalue weighted by atomic mass is 10.0. The molecule has 1 aromatic heterocycles. The third-order valence-electron chi connectivity index (χ3n) is 6.57. The molecule has 0 N–H and O–H groups in total. The number of nitrogens with zero attached hydrogens (tertiary/aromatic N) is 4. The van der Waals surface area contributed by atoms with E-state index in [9.17, 15) is 14.9 Å². The fourth-order valence-corrected chi connectivity index (χ4v) is 6.02. The van der Waals surface area contributed by atoms with E-state index in [-0.39, 0.29) is 17.0 Å². The van der Waals surface area contributed by atoms with E-state index >= 15 is 0 Å². The number of rotatable bonds is 7. The average molecular weight is 507 g/mol. The van der Waals surface area contributed by atoms with Crippen molar-refractivity contribution in [3.63, 3.8) is 0 Å². The number of benzene rings is 1. The number of thiocarbonyl (C=S) groups is 1. The molecule has 0 bridgehead atoms. The lowest BCUT2D eigenvalue weighted by molar-refractivity contribution is -0.122. The molecule has 2 saturated heterocycles. The molecule has 0 atom stereocenters. The van der Waals surface area contributed by atoms with Gasteiger partial charge < -0.3 is 4.90 Å². The highest BCUT2D eigenvalue weighted by Crippen LogP contribution is 2.36. The number of nitriles is 1. The Hall–Kier alpha value is -2.89. The molecule has 6 nitrogen and oxygen atoms in total. The van der Waals surface area contributed by atoms with Gasteiger partial charge in [0.05, 0.1) is 4.91 Å². The van der Waals surface area contributed by atoms with Gasteiger partial charge in [0, 0.05) is 31.7 Å². The molecule has 182 valence electrons. The zero-order valence-electron chi connectivity index (χ0n) is 20.2. The van der Waals surface area contributed by atoms with Crippen molar-refractivity contribution in [2.45, 2.75) is 52.5 Å². The number of anilines is 1. The predicted octanol–water partition coefficient (Wildman–Crippen LogP) is 4.87. The number of thioether (sulfide) groups is 1. The Kier molecular flexibility index (Phi) is 8.09. The third kappa shape index (κ3) is 5.21. The minimum atomic E-state index is -0.250.